The highest BCUT2D eigenvalue weighted by molar-refractivity contribution is 9.10. The molecule has 1 aromatic rings. The quantitative estimate of drug-likeness (QED) is 0.828. The van der Waals surface area contributed by atoms with Crippen LogP contribution in [0.1, 0.15) is 18.4 Å². The number of piperidine rings is 1. The molecule has 1 aliphatic rings. The second-order valence-electron chi connectivity index (χ2n) is 5.25. The Morgan fingerprint density at radius 2 is 2.19 bits per heavy atom. The fraction of sp³-hybridized carbons (Fsp3) is 0.533. The normalized spacial score (nSPS) is 18.9. The molecule has 1 atom stereocenters. The number of benzene rings is 1. The van der Waals surface area contributed by atoms with Crippen molar-refractivity contribution in [3.05, 3.63) is 34.3 Å². The van der Waals surface area contributed by atoms with Crippen LogP contribution in [0.5, 0.6) is 0 Å². The van der Waals surface area contributed by atoms with Gasteiger partial charge in [0, 0.05) is 30.7 Å². The SMILES string of the molecule is Cl.NCCNC(=O)C1CCCN(Cc2ccccc2Br)C1. The van der Waals surface area contributed by atoms with Crippen LogP contribution in [0, 0.1) is 5.92 Å². The molecule has 1 aromatic carbocycles. The average Bonchev–Trinajstić information content (AvgIpc) is 2.47. The number of halogens is 2. The molecular formula is C15H23BrClN3O. The van der Waals surface area contributed by atoms with Crippen molar-refractivity contribution in [2.45, 2.75) is 19.4 Å². The van der Waals surface area contributed by atoms with E-state index >= 15 is 0 Å². The Morgan fingerprint density at radius 1 is 1.43 bits per heavy atom. The number of likely N-dealkylation sites (tertiary alicyclic amines) is 1. The Balaban J connectivity index is 0.00000220. The van der Waals surface area contributed by atoms with Gasteiger partial charge in [0.25, 0.3) is 0 Å². The van der Waals surface area contributed by atoms with Crippen LogP contribution in [0.3, 0.4) is 0 Å². The van der Waals surface area contributed by atoms with Crippen LogP contribution in [-0.4, -0.2) is 37.0 Å². The minimum atomic E-state index is 0. The van der Waals surface area contributed by atoms with Gasteiger partial charge in [-0.15, -0.1) is 12.4 Å². The second kappa shape index (κ2) is 9.41. The van der Waals surface area contributed by atoms with E-state index in [0.717, 1.165) is 36.9 Å². The van der Waals surface area contributed by atoms with Crippen molar-refractivity contribution in [1.29, 1.82) is 0 Å². The van der Waals surface area contributed by atoms with E-state index in [1.54, 1.807) is 0 Å². The molecule has 0 saturated carbocycles. The Morgan fingerprint density at radius 3 is 2.90 bits per heavy atom. The van der Waals surface area contributed by atoms with Gasteiger partial charge in [-0.05, 0) is 31.0 Å². The third kappa shape index (κ3) is 5.58. The van der Waals surface area contributed by atoms with Crippen LogP contribution in [-0.2, 0) is 11.3 Å². The first-order chi connectivity index (χ1) is 9.70. The van der Waals surface area contributed by atoms with E-state index in [1.165, 1.54) is 5.56 Å². The summed E-state index contributed by atoms with van der Waals surface area (Å²) in [7, 11) is 0. The van der Waals surface area contributed by atoms with Crippen LogP contribution < -0.4 is 11.1 Å². The molecule has 6 heteroatoms. The maximum absolute atomic E-state index is 12.0. The number of rotatable bonds is 5. The highest BCUT2D eigenvalue weighted by Gasteiger charge is 2.25. The van der Waals surface area contributed by atoms with Crippen LogP contribution in [0.4, 0.5) is 0 Å². The zero-order valence-electron chi connectivity index (χ0n) is 12.1. The molecule has 1 heterocycles. The minimum Gasteiger partial charge on any atom is -0.355 e. The van der Waals surface area contributed by atoms with Crippen molar-refractivity contribution in [1.82, 2.24) is 10.2 Å². The first-order valence-corrected chi connectivity index (χ1v) is 7.93. The van der Waals surface area contributed by atoms with Crippen molar-refractivity contribution in [3.8, 4) is 0 Å². The largest absolute Gasteiger partial charge is 0.355 e. The van der Waals surface area contributed by atoms with Crippen molar-refractivity contribution < 1.29 is 4.79 Å². The second-order valence-corrected chi connectivity index (χ2v) is 6.10. The molecule has 118 valence electrons. The summed E-state index contributed by atoms with van der Waals surface area (Å²) in [6, 6.07) is 8.26. The minimum absolute atomic E-state index is 0. The van der Waals surface area contributed by atoms with Gasteiger partial charge in [-0.25, -0.2) is 0 Å². The molecule has 4 nitrogen and oxygen atoms in total. The predicted octanol–water partition coefficient (Wildman–Crippen LogP) is 2.16. The number of nitrogens with zero attached hydrogens (tertiary/aromatic N) is 1. The highest BCUT2D eigenvalue weighted by Crippen LogP contribution is 2.22. The third-order valence-electron chi connectivity index (χ3n) is 3.67. The molecule has 1 aliphatic heterocycles. The maximum atomic E-state index is 12.0. The third-order valence-corrected chi connectivity index (χ3v) is 4.45. The fourth-order valence-corrected chi connectivity index (χ4v) is 3.03. The standard InChI is InChI=1S/C15H22BrN3O.ClH/c16-14-6-2-1-4-12(14)10-19-9-3-5-13(11-19)15(20)18-8-7-17;/h1-2,4,6,13H,3,5,7-11,17H2,(H,18,20);1H. The number of carbonyl (C=O) groups excluding carboxylic acids is 1. The smallest absolute Gasteiger partial charge is 0.224 e. The number of nitrogens with one attached hydrogen (secondary N) is 1. The summed E-state index contributed by atoms with van der Waals surface area (Å²) in [5, 5.41) is 2.90. The molecule has 0 aromatic heterocycles. The van der Waals surface area contributed by atoms with Crippen molar-refractivity contribution in [3.63, 3.8) is 0 Å². The van der Waals surface area contributed by atoms with Gasteiger partial charge in [0.1, 0.15) is 0 Å². The Bertz CT molecular complexity index is 458. The van der Waals surface area contributed by atoms with Crippen LogP contribution in [0.25, 0.3) is 0 Å². The van der Waals surface area contributed by atoms with E-state index in [4.69, 9.17) is 5.73 Å². The topological polar surface area (TPSA) is 58.4 Å². The zero-order chi connectivity index (χ0) is 14.4. The number of nitrogens with two attached hydrogens (primary N) is 1. The molecule has 1 unspecified atom stereocenters. The molecule has 0 aliphatic carbocycles. The van der Waals surface area contributed by atoms with Gasteiger partial charge in [-0.3, -0.25) is 9.69 Å². The molecule has 3 N–H and O–H groups in total. The molecule has 1 fully saturated rings. The van der Waals surface area contributed by atoms with E-state index in [1.807, 2.05) is 6.07 Å². The van der Waals surface area contributed by atoms with E-state index in [-0.39, 0.29) is 24.2 Å². The summed E-state index contributed by atoms with van der Waals surface area (Å²) in [5.74, 6) is 0.241. The molecule has 1 amide bonds. The predicted molar refractivity (Wildman–Crippen MR) is 91.5 cm³/mol. The number of amides is 1. The highest BCUT2D eigenvalue weighted by atomic mass is 79.9. The van der Waals surface area contributed by atoms with Gasteiger partial charge in [-0.1, -0.05) is 34.1 Å². The summed E-state index contributed by atoms with van der Waals surface area (Å²) in [6.07, 6.45) is 2.05. The summed E-state index contributed by atoms with van der Waals surface area (Å²) < 4.78 is 1.13. The van der Waals surface area contributed by atoms with Gasteiger partial charge in [0.15, 0.2) is 0 Å². The lowest BCUT2D eigenvalue weighted by Gasteiger charge is -2.32. The molecule has 1 saturated heterocycles. The van der Waals surface area contributed by atoms with Gasteiger partial charge in [0.05, 0.1) is 5.92 Å². The first-order valence-electron chi connectivity index (χ1n) is 7.14. The Kier molecular flexibility index (Phi) is 8.26. The lowest BCUT2D eigenvalue weighted by Crippen LogP contribution is -2.43. The zero-order valence-corrected chi connectivity index (χ0v) is 14.5. The molecule has 2 rings (SSSR count). The van der Waals surface area contributed by atoms with E-state index in [2.05, 4.69) is 44.3 Å². The average molecular weight is 377 g/mol. The van der Waals surface area contributed by atoms with E-state index < -0.39 is 0 Å². The maximum Gasteiger partial charge on any atom is 0.224 e. The Labute approximate surface area is 141 Å². The summed E-state index contributed by atoms with van der Waals surface area (Å²) in [6.45, 7) is 3.85. The van der Waals surface area contributed by atoms with Gasteiger partial charge >= 0.3 is 0 Å². The van der Waals surface area contributed by atoms with Crippen LogP contribution in [0.15, 0.2) is 28.7 Å². The monoisotopic (exact) mass is 375 g/mol. The number of hydrogen-bond donors (Lipinski definition) is 2. The first kappa shape index (κ1) is 18.4. The molecular weight excluding hydrogens is 354 g/mol. The van der Waals surface area contributed by atoms with Gasteiger partial charge in [-0.2, -0.15) is 0 Å². The van der Waals surface area contributed by atoms with Crippen LogP contribution >= 0.6 is 28.3 Å². The van der Waals surface area contributed by atoms with Crippen molar-refractivity contribution in [2.24, 2.45) is 11.7 Å². The lowest BCUT2D eigenvalue weighted by atomic mass is 9.96. The molecule has 0 radical (unpaired) electrons. The summed E-state index contributed by atoms with van der Waals surface area (Å²) in [5.41, 5.74) is 6.70. The van der Waals surface area contributed by atoms with Gasteiger partial charge in [0.2, 0.25) is 5.91 Å². The lowest BCUT2D eigenvalue weighted by molar-refractivity contribution is -0.126. The van der Waals surface area contributed by atoms with Gasteiger partial charge < -0.3 is 11.1 Å². The fourth-order valence-electron chi connectivity index (χ4n) is 2.62. The molecule has 21 heavy (non-hydrogen) atoms. The Hall–Kier alpha value is -0.620. The number of carbonyl (C=O) groups is 1. The summed E-state index contributed by atoms with van der Waals surface area (Å²) in [4.78, 5) is 14.4. The van der Waals surface area contributed by atoms with Crippen LogP contribution in [0.2, 0.25) is 0 Å². The summed E-state index contributed by atoms with van der Waals surface area (Å²) >= 11 is 3.58. The van der Waals surface area contributed by atoms with E-state index in [0.29, 0.717) is 13.1 Å². The number of hydrogen-bond acceptors (Lipinski definition) is 3. The van der Waals surface area contributed by atoms with Crippen molar-refractivity contribution in [2.75, 3.05) is 26.2 Å². The molecule has 0 bridgehead atoms. The van der Waals surface area contributed by atoms with E-state index in [9.17, 15) is 4.79 Å². The van der Waals surface area contributed by atoms with Crippen molar-refractivity contribution >= 4 is 34.2 Å². The molecule has 0 spiro atoms.